The Morgan fingerprint density at radius 1 is 1.23 bits per heavy atom. The zero-order chi connectivity index (χ0) is 21.3. The van der Waals surface area contributed by atoms with Gasteiger partial charge in [-0.3, -0.25) is 9.69 Å². The lowest BCUT2D eigenvalue weighted by Gasteiger charge is -2.35. The summed E-state index contributed by atoms with van der Waals surface area (Å²) in [7, 11) is 1.60. The molecule has 160 valence electrons. The van der Waals surface area contributed by atoms with Crippen LogP contribution >= 0.6 is 15.9 Å². The second-order valence-electron chi connectivity index (χ2n) is 8.12. The summed E-state index contributed by atoms with van der Waals surface area (Å²) in [6.45, 7) is 3.51. The predicted molar refractivity (Wildman–Crippen MR) is 118 cm³/mol. The summed E-state index contributed by atoms with van der Waals surface area (Å²) >= 11 is 3.31. The summed E-state index contributed by atoms with van der Waals surface area (Å²) in [5, 5.41) is 0. The lowest BCUT2D eigenvalue weighted by Crippen LogP contribution is -2.43. The zero-order valence-electron chi connectivity index (χ0n) is 17.4. The van der Waals surface area contributed by atoms with Crippen molar-refractivity contribution in [1.82, 2.24) is 9.80 Å². The molecule has 0 radical (unpaired) electrons. The van der Waals surface area contributed by atoms with Gasteiger partial charge in [0.25, 0.3) is 5.91 Å². The quantitative estimate of drug-likeness (QED) is 0.620. The van der Waals surface area contributed by atoms with Crippen molar-refractivity contribution in [2.45, 2.75) is 51.0 Å². The second-order valence-corrected chi connectivity index (χ2v) is 9.03. The first-order valence-electron chi connectivity index (χ1n) is 10.6. The first-order chi connectivity index (χ1) is 14.5. The van der Waals surface area contributed by atoms with E-state index in [2.05, 4.69) is 27.8 Å². The third-order valence-corrected chi connectivity index (χ3v) is 6.65. The fourth-order valence-corrected chi connectivity index (χ4v) is 4.79. The number of benzene rings is 1. The molecule has 7 heteroatoms. The van der Waals surface area contributed by atoms with E-state index in [9.17, 15) is 9.18 Å². The minimum Gasteiger partial charge on any atom is -0.482 e. The maximum atomic E-state index is 14.5. The van der Waals surface area contributed by atoms with E-state index in [0.29, 0.717) is 34.0 Å². The first-order valence-corrected chi connectivity index (χ1v) is 11.4. The third kappa shape index (κ3) is 4.17. The van der Waals surface area contributed by atoms with Crippen LogP contribution in [0, 0.1) is 5.82 Å². The standard InChI is InChI=1S/C23H27BrFN3O2/c1-15-6-4-3-5-10-27(15)23(29)20-14-22(30-2)28-11-9-16(12-21(28)26-20)18-8-7-17(24)13-19(18)25/h7-8,12-16H,3-6,9-11H2,1-2H3/t15-,16?/m1/s1. The van der Waals surface area contributed by atoms with Gasteiger partial charge in [-0.15, -0.1) is 0 Å². The number of carbonyl (C=O) groups excluding carboxylic acids is 1. The summed E-state index contributed by atoms with van der Waals surface area (Å²) in [5.41, 5.74) is 1.03. The number of amides is 1. The van der Waals surface area contributed by atoms with Crippen LogP contribution in [-0.4, -0.2) is 47.7 Å². The average Bonchev–Trinajstić information content (AvgIpc) is 2.96. The number of methoxy groups -OCH3 is 1. The van der Waals surface area contributed by atoms with E-state index >= 15 is 0 Å². The van der Waals surface area contributed by atoms with E-state index in [0.717, 1.165) is 38.6 Å². The second kappa shape index (κ2) is 8.92. The Balaban J connectivity index is 1.66. The monoisotopic (exact) mass is 475 g/mol. The van der Waals surface area contributed by atoms with Crippen LogP contribution in [0.2, 0.25) is 0 Å². The molecule has 0 aromatic heterocycles. The molecule has 2 atom stereocenters. The van der Waals surface area contributed by atoms with Crippen molar-refractivity contribution in [2.75, 3.05) is 20.2 Å². The van der Waals surface area contributed by atoms with Crippen LogP contribution in [-0.2, 0) is 9.53 Å². The van der Waals surface area contributed by atoms with Crippen molar-refractivity contribution in [2.24, 2.45) is 4.99 Å². The highest BCUT2D eigenvalue weighted by Crippen LogP contribution is 2.35. The summed E-state index contributed by atoms with van der Waals surface area (Å²) in [6, 6.07) is 5.34. The number of likely N-dealkylation sites (tertiary alicyclic amines) is 1. The van der Waals surface area contributed by atoms with Gasteiger partial charge in [0.05, 0.1) is 7.11 Å². The van der Waals surface area contributed by atoms with Crippen LogP contribution in [0.3, 0.4) is 0 Å². The summed E-state index contributed by atoms with van der Waals surface area (Å²) < 4.78 is 20.8. The Kier molecular flexibility index (Phi) is 6.27. The van der Waals surface area contributed by atoms with Gasteiger partial charge in [-0.1, -0.05) is 34.8 Å². The van der Waals surface area contributed by atoms with Crippen molar-refractivity contribution < 1.29 is 13.9 Å². The molecular formula is C23H27BrFN3O2. The molecular weight excluding hydrogens is 449 g/mol. The Bertz CT molecular complexity index is 927. The molecule has 4 rings (SSSR count). The largest absolute Gasteiger partial charge is 0.482 e. The van der Waals surface area contributed by atoms with E-state index < -0.39 is 0 Å². The Hall–Kier alpha value is -2.15. The van der Waals surface area contributed by atoms with Crippen LogP contribution in [0.4, 0.5) is 4.39 Å². The van der Waals surface area contributed by atoms with Crippen molar-refractivity contribution in [3.05, 3.63) is 57.9 Å². The van der Waals surface area contributed by atoms with Gasteiger partial charge in [0.2, 0.25) is 0 Å². The Morgan fingerprint density at radius 2 is 2.07 bits per heavy atom. The van der Waals surface area contributed by atoms with Crippen molar-refractivity contribution >= 4 is 27.5 Å². The zero-order valence-corrected chi connectivity index (χ0v) is 19.0. The average molecular weight is 476 g/mol. The van der Waals surface area contributed by atoms with Crippen LogP contribution in [0.5, 0.6) is 0 Å². The van der Waals surface area contributed by atoms with Gasteiger partial charge in [-0.2, -0.15) is 0 Å². The topological polar surface area (TPSA) is 45.1 Å². The van der Waals surface area contributed by atoms with E-state index in [1.54, 1.807) is 19.3 Å². The number of fused-ring (bicyclic) bond motifs is 1. The smallest absolute Gasteiger partial charge is 0.272 e. The predicted octanol–water partition coefficient (Wildman–Crippen LogP) is 4.95. The maximum Gasteiger partial charge on any atom is 0.272 e. The molecule has 1 unspecified atom stereocenters. The van der Waals surface area contributed by atoms with E-state index in [1.807, 2.05) is 21.9 Å². The molecule has 30 heavy (non-hydrogen) atoms. The number of carbonyl (C=O) groups is 1. The SMILES string of the molecule is COC1=CC(C(=O)N2CCCCC[C@H]2C)=NC2=CC(c3ccc(Br)cc3F)CCN21. The van der Waals surface area contributed by atoms with Gasteiger partial charge in [0, 0.05) is 35.6 Å². The number of aliphatic imine (C=N–C) groups is 1. The number of halogens is 2. The molecule has 1 amide bonds. The summed E-state index contributed by atoms with van der Waals surface area (Å²) in [5.74, 6) is 0.862. The lowest BCUT2D eigenvalue weighted by atomic mass is 9.92. The highest BCUT2D eigenvalue weighted by molar-refractivity contribution is 9.10. The Morgan fingerprint density at radius 3 is 2.83 bits per heavy atom. The number of hydrogen-bond acceptors (Lipinski definition) is 4. The molecule has 1 aromatic rings. The van der Waals surface area contributed by atoms with Crippen molar-refractivity contribution in [1.29, 1.82) is 0 Å². The van der Waals surface area contributed by atoms with Gasteiger partial charge in [-0.05, 0) is 50.0 Å². The van der Waals surface area contributed by atoms with Crippen LogP contribution in [0.25, 0.3) is 0 Å². The normalized spacial score (nSPS) is 24.3. The number of nitrogens with zero attached hydrogens (tertiary/aromatic N) is 3. The summed E-state index contributed by atoms with van der Waals surface area (Å²) in [4.78, 5) is 21.9. The minimum absolute atomic E-state index is 0.0588. The molecule has 3 heterocycles. The number of rotatable bonds is 3. The van der Waals surface area contributed by atoms with Gasteiger partial charge in [-0.25, -0.2) is 9.38 Å². The molecule has 0 saturated carbocycles. The molecule has 0 bridgehead atoms. The van der Waals surface area contributed by atoms with Crippen molar-refractivity contribution in [3.8, 4) is 0 Å². The highest BCUT2D eigenvalue weighted by Gasteiger charge is 2.32. The Labute approximate surface area is 185 Å². The van der Waals surface area contributed by atoms with E-state index in [4.69, 9.17) is 4.74 Å². The van der Waals surface area contributed by atoms with Gasteiger partial charge in [0.1, 0.15) is 17.3 Å². The van der Waals surface area contributed by atoms with Gasteiger partial charge in [0.15, 0.2) is 5.88 Å². The fraction of sp³-hybridized carbons (Fsp3) is 0.478. The van der Waals surface area contributed by atoms with Gasteiger partial charge >= 0.3 is 0 Å². The lowest BCUT2D eigenvalue weighted by molar-refractivity contribution is -0.125. The first kappa shape index (κ1) is 21.1. The number of allylic oxidation sites excluding steroid dienone is 1. The molecule has 3 aliphatic rings. The van der Waals surface area contributed by atoms with Crippen LogP contribution in [0.1, 0.15) is 50.5 Å². The van der Waals surface area contributed by atoms with Crippen molar-refractivity contribution in [3.63, 3.8) is 0 Å². The highest BCUT2D eigenvalue weighted by atomic mass is 79.9. The van der Waals surface area contributed by atoms with Crippen LogP contribution in [0.15, 0.2) is 51.5 Å². The molecule has 1 fully saturated rings. The molecule has 3 aliphatic heterocycles. The fourth-order valence-electron chi connectivity index (χ4n) is 4.46. The molecule has 1 aromatic carbocycles. The molecule has 0 N–H and O–H groups in total. The summed E-state index contributed by atoms with van der Waals surface area (Å²) in [6.07, 6.45) is 8.75. The maximum absolute atomic E-state index is 14.5. The molecule has 5 nitrogen and oxygen atoms in total. The minimum atomic E-state index is -0.239. The van der Waals surface area contributed by atoms with Crippen LogP contribution < -0.4 is 0 Å². The van der Waals surface area contributed by atoms with E-state index in [1.165, 1.54) is 6.07 Å². The third-order valence-electron chi connectivity index (χ3n) is 6.16. The number of ether oxygens (including phenoxy) is 1. The van der Waals surface area contributed by atoms with E-state index in [-0.39, 0.29) is 23.7 Å². The molecule has 0 spiro atoms. The number of hydrogen-bond donors (Lipinski definition) is 0. The molecule has 0 aliphatic carbocycles. The van der Waals surface area contributed by atoms with Gasteiger partial charge < -0.3 is 9.64 Å². The molecule has 1 saturated heterocycles.